The van der Waals surface area contributed by atoms with E-state index in [-0.39, 0.29) is 11.7 Å². The van der Waals surface area contributed by atoms with Crippen molar-refractivity contribution in [2.45, 2.75) is 32.4 Å². The van der Waals surface area contributed by atoms with Gasteiger partial charge >= 0.3 is 0 Å². The van der Waals surface area contributed by atoms with Crippen LogP contribution in [0.15, 0.2) is 28.4 Å². The molecule has 0 radical (unpaired) electrons. The zero-order valence-corrected chi connectivity index (χ0v) is 18.0. The number of hydrogen-bond acceptors (Lipinski definition) is 7. The summed E-state index contributed by atoms with van der Waals surface area (Å²) in [5, 5.41) is 12.5. The maximum absolute atomic E-state index is 12.8. The summed E-state index contributed by atoms with van der Waals surface area (Å²) in [7, 11) is 5.08. The van der Waals surface area contributed by atoms with Crippen LogP contribution in [0.3, 0.4) is 0 Å². The molecular formula is C21H27N3O4S. The standard InChI is InChI=1S/C21H27N3O4S/c1-5-6-14(25)10-24(2)11-18-22-20(26)19-15(12-29-21(19)23-18)13-7-8-16(27-3)17(9-13)28-4/h7-9,12,14,25H,5-6,10-11H2,1-4H3,(H,22,23,26). The first kappa shape index (κ1) is 21.3. The molecule has 1 unspecified atom stereocenters. The third-order valence-electron chi connectivity index (χ3n) is 4.75. The van der Waals surface area contributed by atoms with Gasteiger partial charge in [0.05, 0.1) is 32.3 Å². The van der Waals surface area contributed by atoms with Crippen molar-refractivity contribution in [2.75, 3.05) is 27.8 Å². The normalized spacial score (nSPS) is 12.5. The van der Waals surface area contributed by atoms with Crippen LogP contribution in [-0.2, 0) is 6.54 Å². The molecule has 0 spiro atoms. The number of H-pyrrole nitrogens is 1. The number of benzene rings is 1. The van der Waals surface area contributed by atoms with Crippen LogP contribution >= 0.6 is 11.3 Å². The largest absolute Gasteiger partial charge is 0.493 e. The molecule has 0 saturated carbocycles. The van der Waals surface area contributed by atoms with Gasteiger partial charge in [0.1, 0.15) is 10.7 Å². The van der Waals surface area contributed by atoms with Gasteiger partial charge in [-0.15, -0.1) is 11.3 Å². The van der Waals surface area contributed by atoms with Crippen LogP contribution in [-0.4, -0.2) is 53.9 Å². The Morgan fingerprint density at radius 3 is 2.72 bits per heavy atom. The summed E-state index contributed by atoms with van der Waals surface area (Å²) >= 11 is 1.44. The lowest BCUT2D eigenvalue weighted by Gasteiger charge is -2.19. The second-order valence-electron chi connectivity index (χ2n) is 7.05. The summed E-state index contributed by atoms with van der Waals surface area (Å²) in [5.41, 5.74) is 1.52. The molecule has 2 N–H and O–H groups in total. The van der Waals surface area contributed by atoms with E-state index in [0.29, 0.717) is 40.6 Å². The average molecular weight is 418 g/mol. The van der Waals surface area contributed by atoms with Gasteiger partial charge in [-0.2, -0.15) is 0 Å². The summed E-state index contributed by atoms with van der Waals surface area (Å²) in [5.74, 6) is 1.84. The monoisotopic (exact) mass is 417 g/mol. The Kier molecular flexibility index (Phi) is 6.89. The summed E-state index contributed by atoms with van der Waals surface area (Å²) in [4.78, 5) is 23.0. The molecule has 0 fully saturated rings. The number of aromatic nitrogens is 2. The zero-order valence-electron chi connectivity index (χ0n) is 17.2. The van der Waals surface area contributed by atoms with Crippen molar-refractivity contribution in [3.63, 3.8) is 0 Å². The van der Waals surface area contributed by atoms with Crippen molar-refractivity contribution in [1.29, 1.82) is 0 Å². The fourth-order valence-corrected chi connectivity index (χ4v) is 4.36. The number of nitrogens with zero attached hydrogens (tertiary/aromatic N) is 2. The molecule has 1 atom stereocenters. The van der Waals surface area contributed by atoms with E-state index in [0.717, 1.165) is 24.0 Å². The molecule has 29 heavy (non-hydrogen) atoms. The fourth-order valence-electron chi connectivity index (χ4n) is 3.39. The smallest absolute Gasteiger partial charge is 0.260 e. The quantitative estimate of drug-likeness (QED) is 0.556. The first-order valence-electron chi connectivity index (χ1n) is 9.56. The molecule has 0 aliphatic heterocycles. The van der Waals surface area contributed by atoms with Crippen LogP contribution < -0.4 is 15.0 Å². The molecule has 0 saturated heterocycles. The molecule has 0 aliphatic rings. The molecule has 0 amide bonds. The first-order valence-corrected chi connectivity index (χ1v) is 10.4. The predicted molar refractivity (Wildman–Crippen MR) is 116 cm³/mol. The van der Waals surface area contributed by atoms with Crippen molar-refractivity contribution in [2.24, 2.45) is 0 Å². The van der Waals surface area contributed by atoms with Gasteiger partial charge < -0.3 is 19.6 Å². The number of aromatic amines is 1. The average Bonchev–Trinajstić information content (AvgIpc) is 3.11. The number of ether oxygens (including phenoxy) is 2. The number of thiophene rings is 1. The molecule has 0 aliphatic carbocycles. The van der Waals surface area contributed by atoms with E-state index in [1.165, 1.54) is 11.3 Å². The maximum atomic E-state index is 12.8. The van der Waals surface area contributed by atoms with E-state index < -0.39 is 0 Å². The lowest BCUT2D eigenvalue weighted by Crippen LogP contribution is -2.30. The number of fused-ring (bicyclic) bond motifs is 1. The fraction of sp³-hybridized carbons (Fsp3) is 0.429. The Morgan fingerprint density at radius 1 is 1.28 bits per heavy atom. The Morgan fingerprint density at radius 2 is 2.03 bits per heavy atom. The Bertz CT molecular complexity index is 1030. The van der Waals surface area contributed by atoms with Crippen molar-refractivity contribution in [1.82, 2.24) is 14.9 Å². The number of rotatable bonds is 9. The van der Waals surface area contributed by atoms with Crippen LogP contribution in [0.4, 0.5) is 0 Å². The topological polar surface area (TPSA) is 87.7 Å². The van der Waals surface area contributed by atoms with Gasteiger partial charge in [0.2, 0.25) is 0 Å². The summed E-state index contributed by atoms with van der Waals surface area (Å²) < 4.78 is 10.7. The van der Waals surface area contributed by atoms with Gasteiger partial charge in [0, 0.05) is 17.5 Å². The molecular weight excluding hydrogens is 390 g/mol. The lowest BCUT2D eigenvalue weighted by atomic mass is 10.1. The third-order valence-corrected chi connectivity index (χ3v) is 5.62. The molecule has 1 aromatic carbocycles. The number of hydrogen-bond donors (Lipinski definition) is 2. The number of likely N-dealkylation sites (N-methyl/N-ethyl adjacent to an activating group) is 1. The minimum atomic E-state index is -0.376. The molecule has 3 aromatic rings. The predicted octanol–water partition coefficient (Wildman–Crippen LogP) is 3.26. The Labute approximate surface area is 173 Å². The van der Waals surface area contributed by atoms with Crippen LogP contribution in [0.1, 0.15) is 25.6 Å². The number of methoxy groups -OCH3 is 2. The third kappa shape index (κ3) is 4.77. The molecule has 2 heterocycles. The molecule has 0 bridgehead atoms. The second kappa shape index (κ2) is 9.39. The summed E-state index contributed by atoms with van der Waals surface area (Å²) in [6.45, 7) is 3.05. The number of nitrogens with one attached hydrogen (secondary N) is 1. The molecule has 2 aromatic heterocycles. The van der Waals surface area contributed by atoms with Gasteiger partial charge in [0.15, 0.2) is 11.5 Å². The molecule has 7 nitrogen and oxygen atoms in total. The first-order chi connectivity index (χ1) is 14.0. The lowest BCUT2D eigenvalue weighted by molar-refractivity contribution is 0.113. The van der Waals surface area contributed by atoms with Crippen molar-refractivity contribution < 1.29 is 14.6 Å². The molecule has 156 valence electrons. The highest BCUT2D eigenvalue weighted by Crippen LogP contribution is 2.36. The van der Waals surface area contributed by atoms with Crippen molar-refractivity contribution in [3.8, 4) is 22.6 Å². The van der Waals surface area contributed by atoms with Crippen molar-refractivity contribution >= 4 is 21.6 Å². The van der Waals surface area contributed by atoms with E-state index >= 15 is 0 Å². The SMILES string of the molecule is CCCC(O)CN(C)Cc1nc2scc(-c3ccc(OC)c(OC)c3)c2c(=O)[nH]1. The van der Waals surface area contributed by atoms with Gasteiger partial charge in [-0.3, -0.25) is 9.69 Å². The Hall–Kier alpha value is -2.42. The van der Waals surface area contributed by atoms with Crippen LogP contribution in [0.5, 0.6) is 11.5 Å². The number of aliphatic hydroxyl groups is 1. The van der Waals surface area contributed by atoms with E-state index in [9.17, 15) is 9.90 Å². The van der Waals surface area contributed by atoms with E-state index in [2.05, 4.69) is 9.97 Å². The minimum absolute atomic E-state index is 0.168. The zero-order chi connectivity index (χ0) is 21.0. The second-order valence-corrected chi connectivity index (χ2v) is 7.91. The molecule has 8 heteroatoms. The van der Waals surface area contributed by atoms with Gasteiger partial charge in [-0.1, -0.05) is 19.4 Å². The summed E-state index contributed by atoms with van der Waals surface area (Å²) in [6.07, 6.45) is 1.32. The van der Waals surface area contributed by atoms with Crippen LogP contribution in [0.2, 0.25) is 0 Å². The molecule has 3 rings (SSSR count). The van der Waals surface area contributed by atoms with Gasteiger partial charge in [-0.25, -0.2) is 4.98 Å². The van der Waals surface area contributed by atoms with Gasteiger partial charge in [0.25, 0.3) is 5.56 Å². The highest BCUT2D eigenvalue weighted by molar-refractivity contribution is 7.17. The Balaban J connectivity index is 1.90. The van der Waals surface area contributed by atoms with E-state index in [1.807, 2.05) is 42.5 Å². The highest BCUT2D eigenvalue weighted by Gasteiger charge is 2.16. The van der Waals surface area contributed by atoms with Crippen molar-refractivity contribution in [3.05, 3.63) is 39.8 Å². The van der Waals surface area contributed by atoms with Gasteiger partial charge in [-0.05, 0) is 31.2 Å². The highest BCUT2D eigenvalue weighted by atomic mass is 32.1. The number of aliphatic hydroxyl groups excluding tert-OH is 1. The van der Waals surface area contributed by atoms with E-state index in [1.54, 1.807) is 14.2 Å². The minimum Gasteiger partial charge on any atom is -0.493 e. The summed E-state index contributed by atoms with van der Waals surface area (Å²) in [6, 6.07) is 5.58. The van der Waals surface area contributed by atoms with Crippen LogP contribution in [0, 0.1) is 0 Å². The maximum Gasteiger partial charge on any atom is 0.260 e. The van der Waals surface area contributed by atoms with E-state index in [4.69, 9.17) is 9.47 Å². The van der Waals surface area contributed by atoms with Crippen LogP contribution in [0.25, 0.3) is 21.3 Å².